The lowest BCUT2D eigenvalue weighted by atomic mass is 10.2. The first-order valence-electron chi connectivity index (χ1n) is 7.85. The Morgan fingerprint density at radius 2 is 1.95 bits per heavy atom. The lowest BCUT2D eigenvalue weighted by Gasteiger charge is -2.08. The lowest BCUT2D eigenvalue weighted by Crippen LogP contribution is -2.04. The molecule has 0 saturated carbocycles. The molecule has 2 nitrogen and oxygen atoms in total. The number of unbranched alkanes of at least 4 members (excludes halogenated alkanes) is 3. The predicted octanol–water partition coefficient (Wildman–Crippen LogP) is 5.27. The van der Waals surface area contributed by atoms with Gasteiger partial charge in [0.2, 0.25) is 0 Å². The molecule has 110 valence electrons. The zero-order valence-corrected chi connectivity index (χ0v) is 13.4. The Labute approximate surface area is 130 Å². The van der Waals surface area contributed by atoms with Crippen LogP contribution in [0.5, 0.6) is 0 Å². The van der Waals surface area contributed by atoms with E-state index < -0.39 is 0 Å². The molecule has 3 aromatic rings. The molecule has 2 heterocycles. The molecular weight excluding hydrogens is 276 g/mol. The lowest BCUT2D eigenvalue weighted by molar-refractivity contribution is 0.578. The molecule has 0 aliphatic carbocycles. The van der Waals surface area contributed by atoms with E-state index in [1.54, 1.807) is 0 Å². The Morgan fingerprint density at radius 1 is 1.05 bits per heavy atom. The number of benzene rings is 1. The van der Waals surface area contributed by atoms with Gasteiger partial charge in [-0.1, -0.05) is 44.4 Å². The van der Waals surface area contributed by atoms with E-state index in [0.717, 1.165) is 18.5 Å². The SMILES string of the molecule is CCCCCCn1c(Cc2cccs2)nc2ccccc21. The molecule has 0 radical (unpaired) electrons. The molecule has 0 amide bonds. The Kier molecular flexibility index (Phi) is 4.71. The number of nitrogens with zero attached hydrogens (tertiary/aromatic N) is 2. The van der Waals surface area contributed by atoms with Gasteiger partial charge >= 0.3 is 0 Å². The fraction of sp³-hybridized carbons (Fsp3) is 0.389. The summed E-state index contributed by atoms with van der Waals surface area (Å²) in [5, 5.41) is 2.14. The van der Waals surface area contributed by atoms with Crippen molar-refractivity contribution >= 4 is 22.4 Å². The van der Waals surface area contributed by atoms with Crippen LogP contribution in [0.3, 0.4) is 0 Å². The van der Waals surface area contributed by atoms with Crippen LogP contribution >= 0.6 is 11.3 Å². The smallest absolute Gasteiger partial charge is 0.115 e. The molecule has 0 unspecified atom stereocenters. The third-order valence-corrected chi connectivity index (χ3v) is 4.76. The fourth-order valence-electron chi connectivity index (χ4n) is 2.78. The number of para-hydroxylation sites is 2. The largest absolute Gasteiger partial charge is 0.328 e. The van der Waals surface area contributed by atoms with E-state index in [9.17, 15) is 0 Å². The van der Waals surface area contributed by atoms with Gasteiger partial charge in [-0.25, -0.2) is 4.98 Å². The van der Waals surface area contributed by atoms with Crippen LogP contribution in [0.2, 0.25) is 0 Å². The highest BCUT2D eigenvalue weighted by Gasteiger charge is 2.11. The van der Waals surface area contributed by atoms with Gasteiger partial charge < -0.3 is 4.57 Å². The molecule has 1 aromatic carbocycles. The van der Waals surface area contributed by atoms with Crippen molar-refractivity contribution in [2.24, 2.45) is 0 Å². The van der Waals surface area contributed by atoms with E-state index in [1.165, 1.54) is 41.9 Å². The maximum atomic E-state index is 4.86. The monoisotopic (exact) mass is 298 g/mol. The number of hydrogen-bond donors (Lipinski definition) is 0. The van der Waals surface area contributed by atoms with Crippen molar-refractivity contribution in [3.63, 3.8) is 0 Å². The van der Waals surface area contributed by atoms with Gasteiger partial charge in [0.25, 0.3) is 0 Å². The molecule has 21 heavy (non-hydrogen) atoms. The number of hydrogen-bond acceptors (Lipinski definition) is 2. The summed E-state index contributed by atoms with van der Waals surface area (Å²) in [5.74, 6) is 1.20. The molecule has 3 heteroatoms. The first kappa shape index (κ1) is 14.3. The van der Waals surface area contributed by atoms with Crippen molar-refractivity contribution in [1.29, 1.82) is 0 Å². The summed E-state index contributed by atoms with van der Waals surface area (Å²) < 4.78 is 2.42. The van der Waals surface area contributed by atoms with Gasteiger partial charge in [0, 0.05) is 17.8 Å². The Hall–Kier alpha value is -1.61. The summed E-state index contributed by atoms with van der Waals surface area (Å²) >= 11 is 1.82. The van der Waals surface area contributed by atoms with Crippen LogP contribution in [0.1, 0.15) is 43.3 Å². The van der Waals surface area contributed by atoms with Crippen molar-refractivity contribution in [3.8, 4) is 0 Å². The second kappa shape index (κ2) is 6.90. The van der Waals surface area contributed by atoms with Crippen LogP contribution in [0.15, 0.2) is 41.8 Å². The molecule has 0 aliphatic heterocycles. The van der Waals surface area contributed by atoms with Crippen molar-refractivity contribution in [2.45, 2.75) is 45.6 Å². The van der Waals surface area contributed by atoms with Gasteiger partial charge in [-0.2, -0.15) is 0 Å². The molecule has 2 aromatic heterocycles. The van der Waals surface area contributed by atoms with Crippen LogP contribution in [0.25, 0.3) is 11.0 Å². The number of fused-ring (bicyclic) bond motifs is 1. The zero-order chi connectivity index (χ0) is 14.5. The molecule has 0 spiro atoms. The number of aromatic nitrogens is 2. The topological polar surface area (TPSA) is 17.8 Å². The molecule has 0 atom stereocenters. The van der Waals surface area contributed by atoms with E-state index in [1.807, 2.05) is 11.3 Å². The summed E-state index contributed by atoms with van der Waals surface area (Å²) in [6, 6.07) is 12.8. The highest BCUT2D eigenvalue weighted by Crippen LogP contribution is 2.21. The first-order chi connectivity index (χ1) is 10.4. The van der Waals surface area contributed by atoms with Crippen LogP contribution in [0.4, 0.5) is 0 Å². The summed E-state index contributed by atoms with van der Waals surface area (Å²) in [6.07, 6.45) is 6.10. The molecule has 0 saturated heterocycles. The normalized spacial score (nSPS) is 11.3. The summed E-state index contributed by atoms with van der Waals surface area (Å²) in [4.78, 5) is 6.25. The van der Waals surface area contributed by atoms with Gasteiger partial charge in [0.1, 0.15) is 5.82 Å². The average molecular weight is 298 g/mol. The Balaban J connectivity index is 1.86. The number of imidazole rings is 1. The van der Waals surface area contributed by atoms with E-state index in [0.29, 0.717) is 0 Å². The van der Waals surface area contributed by atoms with Crippen LogP contribution in [0, 0.1) is 0 Å². The van der Waals surface area contributed by atoms with E-state index in [2.05, 4.69) is 53.3 Å². The summed E-state index contributed by atoms with van der Waals surface area (Å²) in [5.41, 5.74) is 2.40. The van der Waals surface area contributed by atoms with Gasteiger partial charge in [-0.3, -0.25) is 0 Å². The van der Waals surface area contributed by atoms with Gasteiger partial charge in [-0.05, 0) is 30.0 Å². The zero-order valence-electron chi connectivity index (χ0n) is 12.6. The highest BCUT2D eigenvalue weighted by molar-refractivity contribution is 7.09. The van der Waals surface area contributed by atoms with E-state index in [4.69, 9.17) is 4.98 Å². The molecule has 0 N–H and O–H groups in total. The van der Waals surface area contributed by atoms with Gasteiger partial charge in [0.05, 0.1) is 11.0 Å². The van der Waals surface area contributed by atoms with E-state index >= 15 is 0 Å². The van der Waals surface area contributed by atoms with E-state index in [-0.39, 0.29) is 0 Å². The second-order valence-corrected chi connectivity index (χ2v) is 6.52. The van der Waals surface area contributed by atoms with Crippen LogP contribution < -0.4 is 0 Å². The van der Waals surface area contributed by atoms with Crippen LogP contribution in [-0.2, 0) is 13.0 Å². The predicted molar refractivity (Wildman–Crippen MR) is 91.0 cm³/mol. The van der Waals surface area contributed by atoms with Crippen molar-refractivity contribution in [2.75, 3.05) is 0 Å². The maximum Gasteiger partial charge on any atom is 0.115 e. The number of rotatable bonds is 7. The van der Waals surface area contributed by atoms with Crippen molar-refractivity contribution in [1.82, 2.24) is 9.55 Å². The highest BCUT2D eigenvalue weighted by atomic mass is 32.1. The standard InChI is InChI=1S/C18H22N2S/c1-2-3-4-7-12-20-17-11-6-5-10-16(17)19-18(20)14-15-9-8-13-21-15/h5-6,8-11,13H,2-4,7,12,14H2,1H3. The average Bonchev–Trinajstić information content (AvgIpc) is 3.12. The minimum Gasteiger partial charge on any atom is -0.328 e. The minimum absolute atomic E-state index is 0.945. The molecular formula is C18H22N2S. The molecule has 3 rings (SSSR count). The van der Waals surface area contributed by atoms with Gasteiger partial charge in [-0.15, -0.1) is 11.3 Å². The quantitative estimate of drug-likeness (QED) is 0.543. The Morgan fingerprint density at radius 3 is 2.76 bits per heavy atom. The third-order valence-electron chi connectivity index (χ3n) is 3.88. The first-order valence-corrected chi connectivity index (χ1v) is 8.73. The fourth-order valence-corrected chi connectivity index (χ4v) is 3.48. The summed E-state index contributed by atoms with van der Waals surface area (Å²) in [6.45, 7) is 3.34. The second-order valence-electron chi connectivity index (χ2n) is 5.49. The van der Waals surface area contributed by atoms with Crippen molar-refractivity contribution in [3.05, 3.63) is 52.5 Å². The maximum absolute atomic E-state index is 4.86. The van der Waals surface area contributed by atoms with Crippen LogP contribution in [-0.4, -0.2) is 9.55 Å². The van der Waals surface area contributed by atoms with Crippen molar-refractivity contribution < 1.29 is 0 Å². The molecule has 0 bridgehead atoms. The number of thiophene rings is 1. The minimum atomic E-state index is 0.945. The Bertz CT molecular complexity index is 682. The van der Waals surface area contributed by atoms with Gasteiger partial charge in [0.15, 0.2) is 0 Å². The molecule has 0 aliphatic rings. The molecule has 0 fully saturated rings. The summed E-state index contributed by atoms with van der Waals surface area (Å²) in [7, 11) is 0. The number of aryl methyl sites for hydroxylation is 1. The third kappa shape index (κ3) is 3.35.